The van der Waals surface area contributed by atoms with Gasteiger partial charge in [0.1, 0.15) is 0 Å². The molecule has 0 aliphatic carbocycles. The van der Waals surface area contributed by atoms with Gasteiger partial charge in [0.15, 0.2) is 11.5 Å². The topological polar surface area (TPSA) is 64.8 Å². The van der Waals surface area contributed by atoms with Crippen molar-refractivity contribution in [2.45, 2.75) is 53.1 Å². The number of fused-ring (bicyclic) bond motifs is 1. The van der Waals surface area contributed by atoms with Gasteiger partial charge in [0.25, 0.3) is 0 Å². The maximum atomic E-state index is 12.6. The number of nitrogens with two attached hydrogens (primary N) is 1. The highest BCUT2D eigenvalue weighted by molar-refractivity contribution is 5.82. The molecule has 1 heterocycles. The van der Waals surface area contributed by atoms with Crippen LogP contribution in [0, 0.1) is 5.92 Å². The molecule has 0 saturated carbocycles. The Morgan fingerprint density at radius 3 is 2.29 bits per heavy atom. The quantitative estimate of drug-likeness (QED) is 0.833. The number of benzene rings is 1. The molecule has 0 radical (unpaired) electrons. The zero-order valence-corrected chi connectivity index (χ0v) is 15.3. The number of carbonyl (C=O) groups is 1. The predicted molar refractivity (Wildman–Crippen MR) is 95.3 cm³/mol. The van der Waals surface area contributed by atoms with E-state index in [4.69, 9.17) is 15.2 Å². The molecule has 1 aromatic carbocycles. The van der Waals surface area contributed by atoms with E-state index in [0.717, 1.165) is 29.9 Å². The highest BCUT2D eigenvalue weighted by atomic mass is 16.5. The predicted octanol–water partition coefficient (Wildman–Crippen LogP) is 2.74. The number of ether oxygens (including phenoxy) is 2. The first-order chi connectivity index (χ1) is 11.5. The molecular formula is C19H30N2O3. The van der Waals surface area contributed by atoms with Crippen LogP contribution in [-0.2, 0) is 17.8 Å². The highest BCUT2D eigenvalue weighted by Gasteiger charge is 2.28. The number of hydrogen-bond acceptors (Lipinski definition) is 4. The summed E-state index contributed by atoms with van der Waals surface area (Å²) in [6.07, 6.45) is 1.73. The van der Waals surface area contributed by atoms with E-state index in [-0.39, 0.29) is 11.8 Å². The minimum atomic E-state index is -0.425. The number of rotatable bonds is 7. The van der Waals surface area contributed by atoms with Crippen molar-refractivity contribution in [1.82, 2.24) is 4.90 Å². The Morgan fingerprint density at radius 1 is 1.17 bits per heavy atom. The minimum absolute atomic E-state index is 0.0434. The van der Waals surface area contributed by atoms with Crippen molar-refractivity contribution < 1.29 is 14.3 Å². The first-order valence-electron chi connectivity index (χ1n) is 8.97. The van der Waals surface area contributed by atoms with Crippen molar-refractivity contribution in [3.8, 4) is 11.5 Å². The van der Waals surface area contributed by atoms with Gasteiger partial charge in [0.2, 0.25) is 5.91 Å². The van der Waals surface area contributed by atoms with Gasteiger partial charge < -0.3 is 20.1 Å². The molecule has 0 spiro atoms. The number of nitrogens with zero attached hydrogens (tertiary/aromatic N) is 1. The lowest BCUT2D eigenvalue weighted by Crippen LogP contribution is -2.48. The van der Waals surface area contributed by atoms with Gasteiger partial charge in [-0.3, -0.25) is 4.79 Å². The summed E-state index contributed by atoms with van der Waals surface area (Å²) >= 11 is 0. The Balaban J connectivity index is 2.20. The molecule has 0 fully saturated rings. The fourth-order valence-electron chi connectivity index (χ4n) is 3.00. The van der Waals surface area contributed by atoms with E-state index in [1.165, 1.54) is 5.56 Å². The van der Waals surface area contributed by atoms with Crippen LogP contribution in [0.2, 0.25) is 0 Å². The molecule has 1 aromatic rings. The van der Waals surface area contributed by atoms with Gasteiger partial charge in [0.05, 0.1) is 19.3 Å². The SMILES string of the molecule is CCOc1cc2c(cc1OCC)CN(C(=O)C(N)C(C)CC)CC2. The van der Waals surface area contributed by atoms with E-state index in [0.29, 0.717) is 26.3 Å². The van der Waals surface area contributed by atoms with Gasteiger partial charge in [-0.25, -0.2) is 0 Å². The van der Waals surface area contributed by atoms with Gasteiger partial charge in [0, 0.05) is 13.1 Å². The molecule has 5 heteroatoms. The number of hydrogen-bond donors (Lipinski definition) is 1. The number of amides is 1. The van der Waals surface area contributed by atoms with Crippen LogP contribution in [0.25, 0.3) is 0 Å². The molecule has 1 amide bonds. The second-order valence-electron chi connectivity index (χ2n) is 6.35. The molecule has 2 N–H and O–H groups in total. The van der Waals surface area contributed by atoms with E-state index in [2.05, 4.69) is 13.0 Å². The third-order valence-corrected chi connectivity index (χ3v) is 4.73. The minimum Gasteiger partial charge on any atom is -0.490 e. The molecule has 0 aromatic heterocycles. The summed E-state index contributed by atoms with van der Waals surface area (Å²) < 4.78 is 11.4. The largest absolute Gasteiger partial charge is 0.490 e. The van der Waals surface area contributed by atoms with Crippen molar-refractivity contribution in [3.05, 3.63) is 23.3 Å². The van der Waals surface area contributed by atoms with Crippen LogP contribution in [0.4, 0.5) is 0 Å². The second-order valence-corrected chi connectivity index (χ2v) is 6.35. The Bertz CT molecular complexity index is 574. The third kappa shape index (κ3) is 4.01. The maximum absolute atomic E-state index is 12.6. The Kier molecular flexibility index (Phi) is 6.49. The lowest BCUT2D eigenvalue weighted by atomic mass is 9.95. The van der Waals surface area contributed by atoms with Gasteiger partial charge >= 0.3 is 0 Å². The van der Waals surface area contributed by atoms with Crippen molar-refractivity contribution in [2.75, 3.05) is 19.8 Å². The monoisotopic (exact) mass is 334 g/mol. The van der Waals surface area contributed by atoms with Crippen molar-refractivity contribution in [3.63, 3.8) is 0 Å². The average Bonchev–Trinajstić information content (AvgIpc) is 2.60. The molecule has 134 valence electrons. The van der Waals surface area contributed by atoms with Crippen LogP contribution >= 0.6 is 0 Å². The summed E-state index contributed by atoms with van der Waals surface area (Å²) in [6.45, 7) is 10.5. The first-order valence-corrected chi connectivity index (χ1v) is 8.97. The summed E-state index contributed by atoms with van der Waals surface area (Å²) in [6, 6.07) is 3.64. The van der Waals surface area contributed by atoms with Gasteiger partial charge in [-0.05, 0) is 49.4 Å². The zero-order chi connectivity index (χ0) is 17.7. The first kappa shape index (κ1) is 18.6. The van der Waals surface area contributed by atoms with Crippen molar-refractivity contribution >= 4 is 5.91 Å². The van der Waals surface area contributed by atoms with Crippen LogP contribution in [0.3, 0.4) is 0 Å². The smallest absolute Gasteiger partial charge is 0.240 e. The molecule has 2 unspecified atom stereocenters. The normalized spacial score (nSPS) is 16.3. The Labute approximate surface area is 145 Å². The Morgan fingerprint density at radius 2 is 1.75 bits per heavy atom. The molecule has 24 heavy (non-hydrogen) atoms. The second kappa shape index (κ2) is 8.38. The molecule has 2 rings (SSSR count). The van der Waals surface area contributed by atoms with Crippen LogP contribution < -0.4 is 15.2 Å². The van der Waals surface area contributed by atoms with Gasteiger partial charge in [-0.15, -0.1) is 0 Å². The fraction of sp³-hybridized carbons (Fsp3) is 0.632. The van der Waals surface area contributed by atoms with E-state index in [9.17, 15) is 4.79 Å². The van der Waals surface area contributed by atoms with E-state index < -0.39 is 6.04 Å². The number of carbonyl (C=O) groups excluding carboxylic acids is 1. The van der Waals surface area contributed by atoms with Crippen LogP contribution in [0.5, 0.6) is 11.5 Å². The molecule has 1 aliphatic rings. The molecule has 0 saturated heterocycles. The summed E-state index contributed by atoms with van der Waals surface area (Å²) in [5.74, 6) is 1.77. The van der Waals surface area contributed by atoms with E-state index >= 15 is 0 Å². The van der Waals surface area contributed by atoms with E-state index in [1.807, 2.05) is 31.7 Å². The summed E-state index contributed by atoms with van der Waals surface area (Å²) in [5, 5.41) is 0. The van der Waals surface area contributed by atoms with Gasteiger partial charge in [-0.2, -0.15) is 0 Å². The standard InChI is InChI=1S/C19H30N2O3/c1-5-13(4)18(20)19(22)21-9-8-14-10-16(23-6-2)17(24-7-3)11-15(14)12-21/h10-11,13,18H,5-9,12,20H2,1-4H3. The average molecular weight is 334 g/mol. The molecule has 1 aliphatic heterocycles. The third-order valence-electron chi connectivity index (χ3n) is 4.73. The van der Waals surface area contributed by atoms with Crippen LogP contribution in [-0.4, -0.2) is 36.6 Å². The summed E-state index contributed by atoms with van der Waals surface area (Å²) in [4.78, 5) is 14.5. The fourth-order valence-corrected chi connectivity index (χ4v) is 3.00. The van der Waals surface area contributed by atoms with Gasteiger partial charge in [-0.1, -0.05) is 20.3 Å². The zero-order valence-electron chi connectivity index (χ0n) is 15.3. The summed E-state index contributed by atoms with van der Waals surface area (Å²) in [7, 11) is 0. The molecule has 0 bridgehead atoms. The van der Waals surface area contributed by atoms with Crippen molar-refractivity contribution in [2.24, 2.45) is 11.7 Å². The molecule has 2 atom stereocenters. The summed E-state index contributed by atoms with van der Waals surface area (Å²) in [5.41, 5.74) is 8.48. The van der Waals surface area contributed by atoms with Crippen LogP contribution in [0.15, 0.2) is 12.1 Å². The Hall–Kier alpha value is -1.75. The maximum Gasteiger partial charge on any atom is 0.240 e. The molecular weight excluding hydrogens is 304 g/mol. The lowest BCUT2D eigenvalue weighted by Gasteiger charge is -2.32. The van der Waals surface area contributed by atoms with E-state index in [1.54, 1.807) is 0 Å². The molecule has 5 nitrogen and oxygen atoms in total. The highest BCUT2D eigenvalue weighted by Crippen LogP contribution is 2.34. The van der Waals surface area contributed by atoms with Crippen LogP contribution in [0.1, 0.15) is 45.2 Å². The lowest BCUT2D eigenvalue weighted by molar-refractivity contribution is -0.134. The van der Waals surface area contributed by atoms with Crippen molar-refractivity contribution in [1.29, 1.82) is 0 Å².